The highest BCUT2D eigenvalue weighted by molar-refractivity contribution is 5.40. The normalized spacial score (nSPS) is 18.8. The molecule has 0 aliphatic heterocycles. The Morgan fingerprint density at radius 2 is 1.75 bits per heavy atom. The first-order valence-corrected chi connectivity index (χ1v) is 7.85. The van der Waals surface area contributed by atoms with Crippen LogP contribution >= 0.6 is 0 Å². The summed E-state index contributed by atoms with van der Waals surface area (Å²) in [6.07, 6.45) is 6.53. The first kappa shape index (κ1) is 15.4. The van der Waals surface area contributed by atoms with Crippen LogP contribution in [0.3, 0.4) is 0 Å². The van der Waals surface area contributed by atoms with Gasteiger partial charge in [-0.15, -0.1) is 0 Å². The third kappa shape index (κ3) is 3.54. The molecule has 0 saturated heterocycles. The van der Waals surface area contributed by atoms with Crippen LogP contribution in [-0.2, 0) is 5.41 Å². The summed E-state index contributed by atoms with van der Waals surface area (Å²) in [4.78, 5) is 0. The van der Waals surface area contributed by atoms with Crippen molar-refractivity contribution in [3.63, 3.8) is 0 Å². The highest BCUT2D eigenvalue weighted by Crippen LogP contribution is 2.43. The summed E-state index contributed by atoms with van der Waals surface area (Å²) < 4.78 is 5.63. The van der Waals surface area contributed by atoms with Crippen LogP contribution in [0.1, 0.15) is 58.4 Å². The van der Waals surface area contributed by atoms with Crippen molar-refractivity contribution in [1.29, 1.82) is 0 Å². The van der Waals surface area contributed by atoms with E-state index in [4.69, 9.17) is 4.74 Å². The second-order valence-electron chi connectivity index (χ2n) is 7.14. The molecule has 1 N–H and O–H groups in total. The Kier molecular flexibility index (Phi) is 4.74. The van der Waals surface area contributed by atoms with Crippen molar-refractivity contribution in [3.05, 3.63) is 29.8 Å². The molecule has 1 aliphatic carbocycles. The maximum Gasteiger partial charge on any atom is 0.122 e. The summed E-state index contributed by atoms with van der Waals surface area (Å²) >= 11 is 0. The Morgan fingerprint density at radius 3 is 2.35 bits per heavy atom. The average Bonchev–Trinajstić information content (AvgIpc) is 2.45. The molecule has 1 aromatic rings. The van der Waals surface area contributed by atoms with E-state index in [0.29, 0.717) is 0 Å². The van der Waals surface area contributed by atoms with Gasteiger partial charge < -0.3 is 10.1 Å². The van der Waals surface area contributed by atoms with Crippen LogP contribution in [0.2, 0.25) is 0 Å². The standard InChI is InChI=1S/C18H29NO/c1-17(2,3)19-14-18(12-8-5-9-13-18)15-10-6-7-11-16(15)20-4/h6-7,10-11,19H,5,8-9,12-14H2,1-4H3. The van der Waals surface area contributed by atoms with Gasteiger partial charge >= 0.3 is 0 Å². The lowest BCUT2D eigenvalue weighted by molar-refractivity contribution is 0.246. The molecule has 1 aliphatic rings. The molecule has 1 saturated carbocycles. The molecule has 20 heavy (non-hydrogen) atoms. The summed E-state index contributed by atoms with van der Waals surface area (Å²) in [6, 6.07) is 8.57. The number of rotatable bonds is 4. The first-order valence-electron chi connectivity index (χ1n) is 7.85. The van der Waals surface area contributed by atoms with Gasteiger partial charge in [0.15, 0.2) is 0 Å². The van der Waals surface area contributed by atoms with E-state index in [1.165, 1.54) is 37.7 Å². The lowest BCUT2D eigenvalue weighted by atomic mass is 9.68. The molecular formula is C18H29NO. The number of para-hydroxylation sites is 1. The lowest BCUT2D eigenvalue weighted by Crippen LogP contribution is -2.47. The molecular weight excluding hydrogens is 246 g/mol. The molecule has 2 heteroatoms. The molecule has 2 nitrogen and oxygen atoms in total. The third-order valence-electron chi connectivity index (χ3n) is 4.45. The van der Waals surface area contributed by atoms with Crippen molar-refractivity contribution in [1.82, 2.24) is 5.32 Å². The monoisotopic (exact) mass is 275 g/mol. The maximum atomic E-state index is 5.63. The summed E-state index contributed by atoms with van der Waals surface area (Å²) in [7, 11) is 1.78. The average molecular weight is 275 g/mol. The van der Waals surface area contributed by atoms with Gasteiger partial charge in [-0.2, -0.15) is 0 Å². The van der Waals surface area contributed by atoms with Crippen molar-refractivity contribution < 1.29 is 4.74 Å². The van der Waals surface area contributed by atoms with Gasteiger partial charge in [0.05, 0.1) is 7.11 Å². The summed E-state index contributed by atoms with van der Waals surface area (Å²) in [6.45, 7) is 7.76. The van der Waals surface area contributed by atoms with E-state index in [2.05, 4.69) is 50.4 Å². The zero-order chi connectivity index (χ0) is 14.6. The zero-order valence-electron chi connectivity index (χ0n) is 13.5. The van der Waals surface area contributed by atoms with Crippen molar-refractivity contribution >= 4 is 0 Å². The van der Waals surface area contributed by atoms with E-state index in [1.807, 2.05) is 0 Å². The molecule has 0 atom stereocenters. The number of ether oxygens (including phenoxy) is 1. The predicted molar refractivity (Wildman–Crippen MR) is 85.5 cm³/mol. The van der Waals surface area contributed by atoms with Crippen molar-refractivity contribution in [3.8, 4) is 5.75 Å². The van der Waals surface area contributed by atoms with Crippen LogP contribution in [0.15, 0.2) is 24.3 Å². The SMILES string of the molecule is COc1ccccc1C1(CNC(C)(C)C)CCCCC1. The summed E-state index contributed by atoms with van der Waals surface area (Å²) in [5.41, 5.74) is 1.78. The van der Waals surface area contributed by atoms with Crippen LogP contribution in [0.25, 0.3) is 0 Å². The largest absolute Gasteiger partial charge is 0.496 e. The van der Waals surface area contributed by atoms with Gasteiger partial charge in [-0.25, -0.2) is 0 Å². The molecule has 0 aromatic heterocycles. The zero-order valence-corrected chi connectivity index (χ0v) is 13.5. The van der Waals surface area contributed by atoms with Gasteiger partial charge in [-0.1, -0.05) is 37.5 Å². The Labute approximate surface area is 123 Å². The molecule has 0 bridgehead atoms. The number of benzene rings is 1. The van der Waals surface area contributed by atoms with Crippen molar-refractivity contribution in [2.24, 2.45) is 0 Å². The molecule has 1 fully saturated rings. The van der Waals surface area contributed by atoms with Crippen LogP contribution < -0.4 is 10.1 Å². The molecule has 0 heterocycles. The Bertz CT molecular complexity index is 427. The van der Waals surface area contributed by atoms with Gasteiger partial charge in [0.25, 0.3) is 0 Å². The van der Waals surface area contributed by atoms with Gasteiger partial charge in [-0.05, 0) is 39.7 Å². The van der Waals surface area contributed by atoms with E-state index in [0.717, 1.165) is 12.3 Å². The summed E-state index contributed by atoms with van der Waals surface area (Å²) in [5, 5.41) is 3.73. The van der Waals surface area contributed by atoms with Gasteiger partial charge in [0.2, 0.25) is 0 Å². The molecule has 2 rings (SSSR count). The number of nitrogens with one attached hydrogen (secondary N) is 1. The van der Waals surface area contributed by atoms with E-state index in [9.17, 15) is 0 Å². The van der Waals surface area contributed by atoms with Gasteiger partial charge in [-0.3, -0.25) is 0 Å². The van der Waals surface area contributed by atoms with Crippen molar-refractivity contribution in [2.75, 3.05) is 13.7 Å². The Morgan fingerprint density at radius 1 is 1.10 bits per heavy atom. The second-order valence-corrected chi connectivity index (χ2v) is 7.14. The number of hydrogen-bond donors (Lipinski definition) is 1. The summed E-state index contributed by atoms with van der Waals surface area (Å²) in [5.74, 6) is 1.05. The van der Waals surface area contributed by atoms with E-state index < -0.39 is 0 Å². The smallest absolute Gasteiger partial charge is 0.122 e. The minimum atomic E-state index is 0.159. The van der Waals surface area contributed by atoms with Crippen LogP contribution in [0.4, 0.5) is 0 Å². The van der Waals surface area contributed by atoms with E-state index >= 15 is 0 Å². The molecule has 0 radical (unpaired) electrons. The molecule has 0 spiro atoms. The Balaban J connectivity index is 2.31. The van der Waals surface area contributed by atoms with E-state index in [-0.39, 0.29) is 11.0 Å². The molecule has 0 unspecified atom stereocenters. The van der Waals surface area contributed by atoms with E-state index in [1.54, 1.807) is 7.11 Å². The predicted octanol–water partition coefficient (Wildman–Crippen LogP) is 4.29. The van der Waals surface area contributed by atoms with Crippen molar-refractivity contribution in [2.45, 2.75) is 63.8 Å². The maximum absolute atomic E-state index is 5.63. The van der Waals surface area contributed by atoms with Crippen LogP contribution in [0.5, 0.6) is 5.75 Å². The second kappa shape index (κ2) is 6.17. The van der Waals surface area contributed by atoms with Gasteiger partial charge in [0.1, 0.15) is 5.75 Å². The fourth-order valence-electron chi connectivity index (χ4n) is 3.29. The highest BCUT2D eigenvalue weighted by atomic mass is 16.5. The lowest BCUT2D eigenvalue weighted by Gasteiger charge is -2.41. The fraction of sp³-hybridized carbons (Fsp3) is 0.667. The Hall–Kier alpha value is -1.02. The number of methoxy groups -OCH3 is 1. The topological polar surface area (TPSA) is 21.3 Å². The van der Waals surface area contributed by atoms with Crippen LogP contribution in [0, 0.1) is 0 Å². The third-order valence-corrected chi connectivity index (χ3v) is 4.45. The quantitative estimate of drug-likeness (QED) is 0.885. The first-order chi connectivity index (χ1) is 9.47. The molecule has 0 amide bonds. The fourth-order valence-corrected chi connectivity index (χ4v) is 3.29. The van der Waals surface area contributed by atoms with Crippen LogP contribution in [-0.4, -0.2) is 19.2 Å². The van der Waals surface area contributed by atoms with Gasteiger partial charge in [0, 0.05) is 23.1 Å². The minimum absolute atomic E-state index is 0.159. The molecule has 112 valence electrons. The minimum Gasteiger partial charge on any atom is -0.496 e. The highest BCUT2D eigenvalue weighted by Gasteiger charge is 2.36. The molecule has 1 aromatic carbocycles. The number of hydrogen-bond acceptors (Lipinski definition) is 2.